The molecule has 0 aliphatic rings. The fourth-order valence-corrected chi connectivity index (χ4v) is 1.88. The summed E-state index contributed by atoms with van der Waals surface area (Å²) >= 11 is 0. The first-order chi connectivity index (χ1) is 10.1. The van der Waals surface area contributed by atoms with Gasteiger partial charge in [-0.1, -0.05) is 37.3 Å². The lowest BCUT2D eigenvalue weighted by Gasteiger charge is -2.26. The maximum Gasteiger partial charge on any atom is 0.266 e. The van der Waals surface area contributed by atoms with Gasteiger partial charge in [0.25, 0.3) is 5.91 Å². The molecule has 0 saturated carbocycles. The number of benzene rings is 1. The first-order valence-electron chi connectivity index (χ1n) is 7.28. The quantitative estimate of drug-likeness (QED) is 0.476. The second kappa shape index (κ2) is 8.80. The van der Waals surface area contributed by atoms with Gasteiger partial charge in [0.1, 0.15) is 11.6 Å². The molecule has 112 valence electrons. The van der Waals surface area contributed by atoms with Gasteiger partial charge in [-0.25, -0.2) is 0 Å². The lowest BCUT2D eigenvalue weighted by Crippen LogP contribution is -2.37. The molecule has 4 nitrogen and oxygen atoms in total. The average Bonchev–Trinajstić information content (AvgIpc) is 2.49. The standard InChI is InChI=1S/C17H23N3O/c1-4-10-19-12-16(11-18)17(21)20(14(2)3)13-15-8-6-5-7-9-15/h5-9,12,14,19H,4,10,13H2,1-3H3/b16-12-. The van der Waals surface area contributed by atoms with Crippen LogP contribution in [0.5, 0.6) is 0 Å². The zero-order valence-electron chi connectivity index (χ0n) is 13.0. The molecule has 1 rings (SSSR count). The fraction of sp³-hybridized carbons (Fsp3) is 0.412. The van der Waals surface area contributed by atoms with Gasteiger partial charge in [-0.3, -0.25) is 4.79 Å². The third-order valence-electron chi connectivity index (χ3n) is 3.07. The van der Waals surface area contributed by atoms with Crippen LogP contribution in [0.3, 0.4) is 0 Å². The monoisotopic (exact) mass is 285 g/mol. The van der Waals surface area contributed by atoms with Crippen LogP contribution in [0.1, 0.15) is 32.8 Å². The molecule has 0 aromatic heterocycles. The molecular formula is C17H23N3O. The largest absolute Gasteiger partial charge is 0.390 e. The van der Waals surface area contributed by atoms with Crippen molar-refractivity contribution in [3.05, 3.63) is 47.7 Å². The summed E-state index contributed by atoms with van der Waals surface area (Å²) in [5, 5.41) is 12.2. The third-order valence-corrected chi connectivity index (χ3v) is 3.07. The Bertz CT molecular complexity index is 515. The molecule has 0 unspecified atom stereocenters. The molecule has 0 saturated heterocycles. The van der Waals surface area contributed by atoms with E-state index in [1.165, 1.54) is 6.20 Å². The fourth-order valence-electron chi connectivity index (χ4n) is 1.88. The predicted octanol–water partition coefficient (Wildman–Crippen LogP) is 2.83. The summed E-state index contributed by atoms with van der Waals surface area (Å²) in [5.74, 6) is -0.236. The molecule has 0 spiro atoms. The van der Waals surface area contributed by atoms with Crippen LogP contribution in [0.25, 0.3) is 0 Å². The highest BCUT2D eigenvalue weighted by Crippen LogP contribution is 2.12. The number of rotatable bonds is 7. The van der Waals surface area contributed by atoms with E-state index in [0.29, 0.717) is 6.54 Å². The van der Waals surface area contributed by atoms with Crippen molar-refractivity contribution in [2.75, 3.05) is 6.54 Å². The molecule has 0 heterocycles. The number of nitrogens with zero attached hydrogens (tertiary/aromatic N) is 2. The van der Waals surface area contributed by atoms with Gasteiger partial charge in [0.05, 0.1) is 0 Å². The van der Waals surface area contributed by atoms with Gasteiger partial charge in [0.2, 0.25) is 0 Å². The van der Waals surface area contributed by atoms with Crippen LogP contribution < -0.4 is 5.32 Å². The van der Waals surface area contributed by atoms with Gasteiger partial charge in [-0.15, -0.1) is 0 Å². The average molecular weight is 285 g/mol. The lowest BCUT2D eigenvalue weighted by molar-refractivity contribution is -0.129. The van der Waals surface area contributed by atoms with Crippen LogP contribution in [-0.4, -0.2) is 23.4 Å². The van der Waals surface area contributed by atoms with E-state index in [1.807, 2.05) is 57.2 Å². The van der Waals surface area contributed by atoms with E-state index in [4.69, 9.17) is 0 Å². The minimum absolute atomic E-state index is 0.0284. The molecule has 0 aliphatic carbocycles. The van der Waals surface area contributed by atoms with E-state index in [2.05, 4.69) is 5.32 Å². The summed E-state index contributed by atoms with van der Waals surface area (Å²) in [4.78, 5) is 14.2. The number of carbonyl (C=O) groups excluding carboxylic acids is 1. The van der Waals surface area contributed by atoms with Gasteiger partial charge < -0.3 is 10.2 Å². The number of nitrogens with one attached hydrogen (secondary N) is 1. The summed E-state index contributed by atoms with van der Waals surface area (Å²) in [7, 11) is 0. The summed E-state index contributed by atoms with van der Waals surface area (Å²) in [5.41, 5.74) is 1.20. The Hall–Kier alpha value is -2.28. The molecule has 0 aliphatic heterocycles. The molecule has 0 bridgehead atoms. The number of nitriles is 1. The molecule has 0 fully saturated rings. The van der Waals surface area contributed by atoms with E-state index < -0.39 is 0 Å². The van der Waals surface area contributed by atoms with E-state index in [1.54, 1.807) is 4.90 Å². The smallest absolute Gasteiger partial charge is 0.266 e. The number of carbonyl (C=O) groups is 1. The molecule has 1 aromatic rings. The minimum atomic E-state index is -0.236. The summed E-state index contributed by atoms with van der Waals surface area (Å²) in [6.45, 7) is 7.19. The lowest BCUT2D eigenvalue weighted by atomic mass is 10.1. The highest BCUT2D eigenvalue weighted by Gasteiger charge is 2.21. The predicted molar refractivity (Wildman–Crippen MR) is 84.1 cm³/mol. The van der Waals surface area contributed by atoms with E-state index in [0.717, 1.165) is 18.5 Å². The number of hydrogen-bond acceptors (Lipinski definition) is 3. The normalized spacial score (nSPS) is 11.1. The van der Waals surface area contributed by atoms with Gasteiger partial charge in [0, 0.05) is 25.3 Å². The van der Waals surface area contributed by atoms with Crippen molar-refractivity contribution in [2.45, 2.75) is 39.8 Å². The van der Waals surface area contributed by atoms with Crippen LogP contribution >= 0.6 is 0 Å². The van der Waals surface area contributed by atoms with Crippen molar-refractivity contribution in [3.8, 4) is 6.07 Å². The third kappa shape index (κ3) is 5.31. The first kappa shape index (κ1) is 16.8. The Kier molecular flexibility index (Phi) is 7.03. The molecular weight excluding hydrogens is 262 g/mol. The Morgan fingerprint density at radius 1 is 1.38 bits per heavy atom. The molecule has 1 aromatic carbocycles. The van der Waals surface area contributed by atoms with E-state index in [-0.39, 0.29) is 17.5 Å². The van der Waals surface area contributed by atoms with Crippen molar-refractivity contribution in [1.29, 1.82) is 5.26 Å². The maximum atomic E-state index is 12.5. The van der Waals surface area contributed by atoms with Gasteiger partial charge >= 0.3 is 0 Å². The molecule has 1 amide bonds. The second-order valence-corrected chi connectivity index (χ2v) is 5.14. The second-order valence-electron chi connectivity index (χ2n) is 5.14. The Morgan fingerprint density at radius 3 is 2.57 bits per heavy atom. The topological polar surface area (TPSA) is 56.1 Å². The van der Waals surface area contributed by atoms with Crippen molar-refractivity contribution in [3.63, 3.8) is 0 Å². The van der Waals surface area contributed by atoms with E-state index >= 15 is 0 Å². The van der Waals surface area contributed by atoms with Crippen LogP contribution in [0.4, 0.5) is 0 Å². The summed E-state index contributed by atoms with van der Waals surface area (Å²) in [6, 6.07) is 11.8. The Labute approximate surface area is 127 Å². The summed E-state index contributed by atoms with van der Waals surface area (Å²) < 4.78 is 0. The Morgan fingerprint density at radius 2 is 2.05 bits per heavy atom. The Balaban J connectivity index is 2.86. The van der Waals surface area contributed by atoms with Crippen LogP contribution in [0.2, 0.25) is 0 Å². The number of hydrogen-bond donors (Lipinski definition) is 1. The molecule has 0 radical (unpaired) electrons. The van der Waals surface area contributed by atoms with Crippen molar-refractivity contribution >= 4 is 5.91 Å². The molecule has 1 N–H and O–H groups in total. The van der Waals surface area contributed by atoms with Crippen LogP contribution in [0.15, 0.2) is 42.1 Å². The molecule has 4 heteroatoms. The zero-order chi connectivity index (χ0) is 15.7. The minimum Gasteiger partial charge on any atom is -0.390 e. The first-order valence-corrected chi connectivity index (χ1v) is 7.28. The maximum absolute atomic E-state index is 12.5. The van der Waals surface area contributed by atoms with Crippen molar-refractivity contribution in [1.82, 2.24) is 10.2 Å². The van der Waals surface area contributed by atoms with Crippen molar-refractivity contribution in [2.24, 2.45) is 0 Å². The molecule has 0 atom stereocenters. The SMILES string of the molecule is CCCN/C=C(/C#N)C(=O)N(Cc1ccccc1)C(C)C. The van der Waals surface area contributed by atoms with Crippen molar-refractivity contribution < 1.29 is 4.79 Å². The molecule has 21 heavy (non-hydrogen) atoms. The van der Waals surface area contributed by atoms with Crippen LogP contribution in [0, 0.1) is 11.3 Å². The van der Waals surface area contributed by atoms with Gasteiger partial charge in [-0.2, -0.15) is 5.26 Å². The van der Waals surface area contributed by atoms with Gasteiger partial charge in [-0.05, 0) is 25.8 Å². The number of amides is 1. The van der Waals surface area contributed by atoms with E-state index in [9.17, 15) is 10.1 Å². The zero-order valence-corrected chi connectivity index (χ0v) is 13.0. The van der Waals surface area contributed by atoms with Crippen LogP contribution in [-0.2, 0) is 11.3 Å². The van der Waals surface area contributed by atoms with Gasteiger partial charge in [0.15, 0.2) is 0 Å². The summed E-state index contributed by atoms with van der Waals surface area (Å²) in [6.07, 6.45) is 2.47. The highest BCUT2D eigenvalue weighted by atomic mass is 16.2. The highest BCUT2D eigenvalue weighted by molar-refractivity contribution is 5.97.